The Hall–Kier alpha value is -2.86. The molecule has 2 rings (SSSR count). The van der Waals surface area contributed by atoms with E-state index in [2.05, 4.69) is 10.6 Å². The molecular formula is C19H19ClN2O4. The van der Waals surface area contributed by atoms with Crippen LogP contribution >= 0.6 is 11.6 Å². The molecule has 26 heavy (non-hydrogen) atoms. The van der Waals surface area contributed by atoms with Gasteiger partial charge in [0.05, 0.1) is 0 Å². The zero-order valence-corrected chi connectivity index (χ0v) is 15.0. The predicted molar refractivity (Wildman–Crippen MR) is 101 cm³/mol. The van der Waals surface area contributed by atoms with Crippen molar-refractivity contribution in [1.82, 2.24) is 0 Å². The monoisotopic (exact) mass is 374 g/mol. The number of carbonyl (C=O) groups excluding carboxylic acids is 2. The third-order valence-electron chi connectivity index (χ3n) is 3.72. The van der Waals surface area contributed by atoms with Crippen LogP contribution in [0.4, 0.5) is 11.4 Å². The maximum absolute atomic E-state index is 12.4. The molecule has 0 heterocycles. The van der Waals surface area contributed by atoms with Crippen LogP contribution in [-0.4, -0.2) is 22.9 Å². The second kappa shape index (κ2) is 9.01. The lowest BCUT2D eigenvalue weighted by Gasteiger charge is -2.11. The molecule has 0 atom stereocenters. The van der Waals surface area contributed by atoms with E-state index >= 15 is 0 Å². The number of amides is 2. The van der Waals surface area contributed by atoms with E-state index in [0.717, 1.165) is 5.56 Å². The molecule has 0 saturated heterocycles. The van der Waals surface area contributed by atoms with E-state index < -0.39 is 5.97 Å². The van der Waals surface area contributed by atoms with Gasteiger partial charge in [0, 0.05) is 34.8 Å². The number of rotatable bonds is 7. The molecule has 0 unspecified atom stereocenters. The van der Waals surface area contributed by atoms with Crippen LogP contribution in [0.2, 0.25) is 5.02 Å². The highest BCUT2D eigenvalue weighted by Crippen LogP contribution is 2.23. The summed E-state index contributed by atoms with van der Waals surface area (Å²) in [5.41, 5.74) is 2.24. The number of anilines is 2. The molecule has 0 aliphatic heterocycles. The lowest BCUT2D eigenvalue weighted by atomic mass is 10.1. The summed E-state index contributed by atoms with van der Waals surface area (Å²) in [4.78, 5) is 34.7. The molecule has 2 aromatic carbocycles. The van der Waals surface area contributed by atoms with Gasteiger partial charge in [-0.05, 0) is 49.2 Å². The zero-order valence-electron chi connectivity index (χ0n) is 14.2. The van der Waals surface area contributed by atoms with Crippen LogP contribution in [0.25, 0.3) is 0 Å². The molecule has 0 bridgehead atoms. The molecule has 7 heteroatoms. The van der Waals surface area contributed by atoms with Gasteiger partial charge in [-0.15, -0.1) is 0 Å². The van der Waals surface area contributed by atoms with Crippen molar-refractivity contribution in [3.8, 4) is 0 Å². The largest absolute Gasteiger partial charge is 0.481 e. The third kappa shape index (κ3) is 5.60. The second-order valence-electron chi connectivity index (χ2n) is 5.74. The summed E-state index contributed by atoms with van der Waals surface area (Å²) in [7, 11) is 0. The van der Waals surface area contributed by atoms with Crippen molar-refractivity contribution >= 4 is 40.8 Å². The van der Waals surface area contributed by atoms with Crippen molar-refractivity contribution in [2.75, 3.05) is 10.6 Å². The quantitative estimate of drug-likeness (QED) is 0.680. The van der Waals surface area contributed by atoms with Crippen molar-refractivity contribution in [1.29, 1.82) is 0 Å². The molecule has 0 spiro atoms. The number of carboxylic acids is 1. The molecule has 0 aromatic heterocycles. The molecule has 0 fully saturated rings. The highest BCUT2D eigenvalue weighted by atomic mass is 35.5. The molecule has 2 amide bonds. The molecule has 6 nitrogen and oxygen atoms in total. The van der Waals surface area contributed by atoms with Crippen molar-refractivity contribution in [3.63, 3.8) is 0 Å². The van der Waals surface area contributed by atoms with Gasteiger partial charge < -0.3 is 15.7 Å². The minimum Gasteiger partial charge on any atom is -0.481 e. The summed E-state index contributed by atoms with van der Waals surface area (Å²) in [6.45, 7) is 1.81. The maximum atomic E-state index is 12.4. The van der Waals surface area contributed by atoms with Gasteiger partial charge in [0.25, 0.3) is 5.91 Å². The standard InChI is InChI=1S/C19H19ClN2O4/c1-12-15(20)7-3-8-16(12)22-19(26)13-5-2-6-14(11-13)21-17(23)9-4-10-18(24)25/h2-3,5-8,11H,4,9-10H2,1H3,(H,21,23)(H,22,26)(H,24,25). The van der Waals surface area contributed by atoms with Crippen LogP contribution in [0, 0.1) is 6.92 Å². The van der Waals surface area contributed by atoms with Gasteiger partial charge in [-0.3, -0.25) is 14.4 Å². The molecule has 136 valence electrons. The number of hydrogen-bond donors (Lipinski definition) is 3. The van der Waals surface area contributed by atoms with Gasteiger partial charge in [0.2, 0.25) is 5.91 Å². The Morgan fingerprint density at radius 1 is 1.04 bits per heavy atom. The van der Waals surface area contributed by atoms with Gasteiger partial charge in [-0.2, -0.15) is 0 Å². The summed E-state index contributed by atoms with van der Waals surface area (Å²) in [5, 5.41) is 14.6. The van der Waals surface area contributed by atoms with Crippen molar-refractivity contribution in [2.45, 2.75) is 26.2 Å². The average molecular weight is 375 g/mol. The number of halogens is 1. The number of carboxylic acid groups (broad SMARTS) is 1. The second-order valence-corrected chi connectivity index (χ2v) is 6.15. The fraction of sp³-hybridized carbons (Fsp3) is 0.211. The normalized spacial score (nSPS) is 10.2. The van der Waals surface area contributed by atoms with E-state index in [9.17, 15) is 14.4 Å². The fourth-order valence-corrected chi connectivity index (χ4v) is 2.47. The molecule has 2 aromatic rings. The Bertz CT molecular complexity index is 836. The number of nitrogens with one attached hydrogen (secondary N) is 2. The van der Waals surface area contributed by atoms with Gasteiger partial charge in [0.15, 0.2) is 0 Å². The van der Waals surface area contributed by atoms with Crippen molar-refractivity contribution in [2.24, 2.45) is 0 Å². The van der Waals surface area contributed by atoms with Crippen LogP contribution in [0.1, 0.15) is 35.2 Å². The topological polar surface area (TPSA) is 95.5 Å². The van der Waals surface area contributed by atoms with Crippen LogP contribution in [0.5, 0.6) is 0 Å². The lowest BCUT2D eigenvalue weighted by Crippen LogP contribution is -2.15. The Morgan fingerprint density at radius 3 is 2.50 bits per heavy atom. The van der Waals surface area contributed by atoms with Crippen molar-refractivity contribution < 1.29 is 19.5 Å². The lowest BCUT2D eigenvalue weighted by molar-refractivity contribution is -0.137. The summed E-state index contributed by atoms with van der Waals surface area (Å²) < 4.78 is 0. The number of benzene rings is 2. The van der Waals surface area contributed by atoms with Gasteiger partial charge >= 0.3 is 5.97 Å². The van der Waals surface area contributed by atoms with E-state index in [1.54, 1.807) is 42.5 Å². The van der Waals surface area contributed by atoms with Crippen LogP contribution in [-0.2, 0) is 9.59 Å². The third-order valence-corrected chi connectivity index (χ3v) is 4.13. The first-order valence-electron chi connectivity index (χ1n) is 8.05. The molecule has 0 aliphatic rings. The Morgan fingerprint density at radius 2 is 1.77 bits per heavy atom. The average Bonchev–Trinajstić information content (AvgIpc) is 2.59. The number of carbonyl (C=O) groups is 3. The first-order valence-corrected chi connectivity index (χ1v) is 8.43. The van der Waals surface area contributed by atoms with Crippen LogP contribution in [0.3, 0.4) is 0 Å². The van der Waals surface area contributed by atoms with E-state index in [4.69, 9.17) is 16.7 Å². The molecule has 0 aliphatic carbocycles. The highest BCUT2D eigenvalue weighted by Gasteiger charge is 2.11. The Kier molecular flexibility index (Phi) is 6.74. The van der Waals surface area contributed by atoms with Gasteiger partial charge in [-0.1, -0.05) is 23.7 Å². The van der Waals surface area contributed by atoms with E-state index in [1.165, 1.54) is 0 Å². The smallest absolute Gasteiger partial charge is 0.303 e. The van der Waals surface area contributed by atoms with E-state index in [0.29, 0.717) is 22.0 Å². The predicted octanol–water partition coefficient (Wildman–Crippen LogP) is 4.09. The minimum absolute atomic E-state index is 0.0607. The summed E-state index contributed by atoms with van der Waals surface area (Å²) >= 11 is 6.05. The molecule has 0 radical (unpaired) electrons. The summed E-state index contributed by atoms with van der Waals surface area (Å²) in [6.07, 6.45) is 0.300. The highest BCUT2D eigenvalue weighted by molar-refractivity contribution is 6.31. The first kappa shape index (κ1) is 19.5. The fourth-order valence-electron chi connectivity index (χ4n) is 2.30. The maximum Gasteiger partial charge on any atom is 0.303 e. The van der Waals surface area contributed by atoms with Gasteiger partial charge in [-0.25, -0.2) is 0 Å². The summed E-state index contributed by atoms with van der Waals surface area (Å²) in [5.74, 6) is -1.56. The number of hydrogen-bond acceptors (Lipinski definition) is 3. The van der Waals surface area contributed by atoms with Crippen LogP contribution < -0.4 is 10.6 Å². The molecule has 3 N–H and O–H groups in total. The SMILES string of the molecule is Cc1c(Cl)cccc1NC(=O)c1cccc(NC(=O)CCCC(=O)O)c1. The van der Waals surface area contributed by atoms with Crippen LogP contribution in [0.15, 0.2) is 42.5 Å². The summed E-state index contributed by atoms with van der Waals surface area (Å²) in [6, 6.07) is 11.8. The van der Waals surface area contributed by atoms with E-state index in [-0.39, 0.29) is 31.1 Å². The van der Waals surface area contributed by atoms with Crippen molar-refractivity contribution in [3.05, 3.63) is 58.6 Å². The first-order chi connectivity index (χ1) is 12.4. The minimum atomic E-state index is -0.937. The Labute approximate surface area is 156 Å². The Balaban J connectivity index is 2.01. The van der Waals surface area contributed by atoms with E-state index in [1.807, 2.05) is 6.92 Å². The zero-order chi connectivity index (χ0) is 19.1. The molecule has 0 saturated carbocycles. The molecular weight excluding hydrogens is 356 g/mol. The number of aliphatic carboxylic acids is 1. The van der Waals surface area contributed by atoms with Gasteiger partial charge in [0.1, 0.15) is 0 Å².